The molecule has 0 bridgehead atoms. The standard InChI is InChI=1S/C13H16F2N2O2/c1-16-12-7-19-6-9(12)13(18)17-5-8-2-3-10(14)11(15)4-8/h2-4,9,12,16H,5-7H2,1H3,(H,17,18). The van der Waals surface area contributed by atoms with Crippen molar-refractivity contribution in [1.29, 1.82) is 0 Å². The number of likely N-dealkylation sites (N-methyl/N-ethyl adjacent to an activating group) is 1. The number of carbonyl (C=O) groups excluding carboxylic acids is 1. The molecule has 2 unspecified atom stereocenters. The first-order valence-corrected chi connectivity index (χ1v) is 6.08. The van der Waals surface area contributed by atoms with Crippen molar-refractivity contribution in [3.8, 4) is 0 Å². The van der Waals surface area contributed by atoms with Crippen LogP contribution in [0.2, 0.25) is 0 Å². The molecule has 0 saturated carbocycles. The Labute approximate surface area is 110 Å². The van der Waals surface area contributed by atoms with E-state index < -0.39 is 11.6 Å². The second-order valence-electron chi connectivity index (χ2n) is 4.51. The normalized spacial score (nSPS) is 22.5. The van der Waals surface area contributed by atoms with E-state index in [1.54, 1.807) is 7.05 Å². The molecule has 19 heavy (non-hydrogen) atoms. The average molecular weight is 270 g/mol. The maximum atomic E-state index is 13.0. The smallest absolute Gasteiger partial charge is 0.227 e. The summed E-state index contributed by atoms with van der Waals surface area (Å²) in [6.45, 7) is 1.04. The quantitative estimate of drug-likeness (QED) is 0.851. The van der Waals surface area contributed by atoms with Gasteiger partial charge in [-0.25, -0.2) is 8.78 Å². The SMILES string of the molecule is CNC1COCC1C(=O)NCc1ccc(F)c(F)c1. The summed E-state index contributed by atoms with van der Waals surface area (Å²) in [4.78, 5) is 11.9. The van der Waals surface area contributed by atoms with E-state index in [2.05, 4.69) is 10.6 Å². The largest absolute Gasteiger partial charge is 0.379 e. The zero-order valence-electron chi connectivity index (χ0n) is 10.6. The third kappa shape index (κ3) is 3.27. The fourth-order valence-electron chi connectivity index (χ4n) is 2.07. The van der Waals surface area contributed by atoms with Gasteiger partial charge in [0.25, 0.3) is 0 Å². The van der Waals surface area contributed by atoms with Crippen molar-refractivity contribution >= 4 is 5.91 Å². The van der Waals surface area contributed by atoms with Crippen LogP contribution in [0.15, 0.2) is 18.2 Å². The molecule has 0 aliphatic carbocycles. The fraction of sp³-hybridized carbons (Fsp3) is 0.462. The molecule has 1 aromatic rings. The molecule has 6 heteroatoms. The lowest BCUT2D eigenvalue weighted by Crippen LogP contribution is -2.42. The summed E-state index contributed by atoms with van der Waals surface area (Å²) in [7, 11) is 1.77. The van der Waals surface area contributed by atoms with Gasteiger partial charge in [0.1, 0.15) is 0 Å². The number of rotatable bonds is 4. The van der Waals surface area contributed by atoms with Gasteiger partial charge in [0.05, 0.1) is 19.1 Å². The Morgan fingerprint density at radius 2 is 2.16 bits per heavy atom. The molecule has 1 aromatic carbocycles. The van der Waals surface area contributed by atoms with Gasteiger partial charge in [0.15, 0.2) is 11.6 Å². The van der Waals surface area contributed by atoms with Crippen LogP contribution >= 0.6 is 0 Å². The zero-order chi connectivity index (χ0) is 13.8. The molecule has 104 valence electrons. The van der Waals surface area contributed by atoms with Gasteiger partial charge in [-0.3, -0.25) is 4.79 Å². The molecule has 1 fully saturated rings. The van der Waals surface area contributed by atoms with Crippen LogP contribution < -0.4 is 10.6 Å². The van der Waals surface area contributed by atoms with Crippen molar-refractivity contribution in [3.05, 3.63) is 35.4 Å². The Morgan fingerprint density at radius 3 is 2.84 bits per heavy atom. The average Bonchev–Trinajstić information content (AvgIpc) is 2.88. The summed E-state index contributed by atoms with van der Waals surface area (Å²) in [5, 5.41) is 5.72. The first-order chi connectivity index (χ1) is 9.11. The molecule has 0 radical (unpaired) electrons. The van der Waals surface area contributed by atoms with E-state index in [9.17, 15) is 13.6 Å². The summed E-state index contributed by atoms with van der Waals surface area (Å²) >= 11 is 0. The van der Waals surface area contributed by atoms with E-state index >= 15 is 0 Å². The monoisotopic (exact) mass is 270 g/mol. The number of ether oxygens (including phenoxy) is 1. The summed E-state index contributed by atoms with van der Waals surface area (Å²) in [5.74, 6) is -2.21. The van der Waals surface area contributed by atoms with Gasteiger partial charge in [-0.2, -0.15) is 0 Å². The highest BCUT2D eigenvalue weighted by Gasteiger charge is 2.32. The number of benzene rings is 1. The van der Waals surface area contributed by atoms with Crippen molar-refractivity contribution < 1.29 is 18.3 Å². The van der Waals surface area contributed by atoms with E-state index in [-0.39, 0.29) is 24.4 Å². The van der Waals surface area contributed by atoms with Gasteiger partial charge in [-0.1, -0.05) is 6.07 Å². The molecule has 1 aliphatic rings. The van der Waals surface area contributed by atoms with Gasteiger partial charge in [-0.05, 0) is 24.7 Å². The minimum atomic E-state index is -0.913. The predicted octanol–water partition coefficient (Wildman–Crippen LogP) is 0.815. The molecule has 1 saturated heterocycles. The molecule has 2 rings (SSSR count). The Balaban J connectivity index is 1.91. The Kier molecular flexibility index (Phi) is 4.44. The topological polar surface area (TPSA) is 50.4 Å². The second kappa shape index (κ2) is 6.08. The van der Waals surface area contributed by atoms with Crippen LogP contribution in [0.4, 0.5) is 8.78 Å². The Bertz CT molecular complexity index is 468. The van der Waals surface area contributed by atoms with E-state index in [1.165, 1.54) is 6.07 Å². The van der Waals surface area contributed by atoms with Crippen molar-refractivity contribution in [3.63, 3.8) is 0 Å². The first-order valence-electron chi connectivity index (χ1n) is 6.08. The number of hydrogen-bond acceptors (Lipinski definition) is 3. The van der Waals surface area contributed by atoms with E-state index in [4.69, 9.17) is 4.74 Å². The second-order valence-corrected chi connectivity index (χ2v) is 4.51. The number of hydrogen-bond donors (Lipinski definition) is 2. The van der Waals surface area contributed by atoms with Crippen molar-refractivity contribution in [2.75, 3.05) is 20.3 Å². The molecule has 0 aromatic heterocycles. The molecular formula is C13H16F2N2O2. The van der Waals surface area contributed by atoms with Crippen LogP contribution in [0.25, 0.3) is 0 Å². The Morgan fingerprint density at radius 1 is 1.37 bits per heavy atom. The number of carbonyl (C=O) groups is 1. The third-order valence-corrected chi connectivity index (χ3v) is 3.24. The minimum absolute atomic E-state index is 0.00930. The number of amides is 1. The summed E-state index contributed by atoms with van der Waals surface area (Å²) in [5.41, 5.74) is 0.521. The van der Waals surface area contributed by atoms with Crippen LogP contribution in [-0.4, -0.2) is 32.2 Å². The van der Waals surface area contributed by atoms with Gasteiger partial charge in [-0.15, -0.1) is 0 Å². The van der Waals surface area contributed by atoms with Crippen LogP contribution in [-0.2, 0) is 16.1 Å². The maximum absolute atomic E-state index is 13.0. The molecule has 1 amide bonds. The van der Waals surface area contributed by atoms with Crippen LogP contribution in [0.1, 0.15) is 5.56 Å². The number of nitrogens with one attached hydrogen (secondary N) is 2. The fourth-order valence-corrected chi connectivity index (χ4v) is 2.07. The van der Waals surface area contributed by atoms with Gasteiger partial charge in [0.2, 0.25) is 5.91 Å². The lowest BCUT2D eigenvalue weighted by Gasteiger charge is -2.16. The number of halogens is 2. The molecule has 0 spiro atoms. The van der Waals surface area contributed by atoms with E-state index in [0.29, 0.717) is 18.8 Å². The van der Waals surface area contributed by atoms with Gasteiger partial charge >= 0.3 is 0 Å². The molecular weight excluding hydrogens is 254 g/mol. The van der Waals surface area contributed by atoms with Gasteiger partial charge in [0, 0.05) is 12.6 Å². The minimum Gasteiger partial charge on any atom is -0.379 e. The summed E-state index contributed by atoms with van der Waals surface area (Å²) in [6.07, 6.45) is 0. The third-order valence-electron chi connectivity index (χ3n) is 3.24. The highest BCUT2D eigenvalue weighted by Crippen LogP contribution is 2.14. The summed E-state index contributed by atoms with van der Waals surface area (Å²) < 4.78 is 31.0. The van der Waals surface area contributed by atoms with Crippen molar-refractivity contribution in [2.24, 2.45) is 5.92 Å². The molecule has 1 heterocycles. The van der Waals surface area contributed by atoms with Gasteiger partial charge < -0.3 is 15.4 Å². The molecule has 1 aliphatic heterocycles. The predicted molar refractivity (Wildman–Crippen MR) is 65.4 cm³/mol. The maximum Gasteiger partial charge on any atom is 0.227 e. The van der Waals surface area contributed by atoms with Crippen LogP contribution in [0.5, 0.6) is 0 Å². The van der Waals surface area contributed by atoms with E-state index in [1.807, 2.05) is 0 Å². The zero-order valence-corrected chi connectivity index (χ0v) is 10.6. The molecule has 2 N–H and O–H groups in total. The van der Waals surface area contributed by atoms with Crippen molar-refractivity contribution in [2.45, 2.75) is 12.6 Å². The Hall–Kier alpha value is -1.53. The first kappa shape index (κ1) is 13.9. The highest BCUT2D eigenvalue weighted by molar-refractivity contribution is 5.79. The molecule has 4 nitrogen and oxygen atoms in total. The summed E-state index contributed by atoms with van der Waals surface area (Å²) in [6, 6.07) is 3.56. The van der Waals surface area contributed by atoms with Crippen LogP contribution in [0, 0.1) is 17.6 Å². The van der Waals surface area contributed by atoms with Crippen LogP contribution in [0.3, 0.4) is 0 Å². The molecule has 2 atom stereocenters. The van der Waals surface area contributed by atoms with E-state index in [0.717, 1.165) is 12.1 Å². The van der Waals surface area contributed by atoms with Crippen molar-refractivity contribution in [1.82, 2.24) is 10.6 Å². The lowest BCUT2D eigenvalue weighted by atomic mass is 10.0. The highest BCUT2D eigenvalue weighted by atomic mass is 19.2. The lowest BCUT2D eigenvalue weighted by molar-refractivity contribution is -0.125.